The van der Waals surface area contributed by atoms with Crippen LogP contribution < -0.4 is 9.47 Å². The second-order valence-corrected chi connectivity index (χ2v) is 5.92. The maximum absolute atomic E-state index is 12.2. The van der Waals surface area contributed by atoms with Crippen LogP contribution >= 0.6 is 11.6 Å². The number of rotatable bonds is 5. The number of likely N-dealkylation sites (tertiary alicyclic amines) is 1. The zero-order valence-corrected chi connectivity index (χ0v) is 13.9. The zero-order valence-electron chi connectivity index (χ0n) is 13.1. The second kappa shape index (κ2) is 7.97. The van der Waals surface area contributed by atoms with Crippen molar-refractivity contribution in [3.8, 4) is 11.8 Å². The lowest BCUT2D eigenvalue weighted by Gasteiger charge is -2.31. The van der Waals surface area contributed by atoms with Crippen LogP contribution in [0.3, 0.4) is 0 Å². The first kappa shape index (κ1) is 16.5. The minimum Gasteiger partial charge on any atom is -0.484 e. The predicted molar refractivity (Wildman–Crippen MR) is 89.2 cm³/mol. The van der Waals surface area contributed by atoms with Gasteiger partial charge in [-0.05, 0) is 12.1 Å². The van der Waals surface area contributed by atoms with Crippen molar-refractivity contribution in [1.82, 2.24) is 14.9 Å². The van der Waals surface area contributed by atoms with Crippen molar-refractivity contribution in [1.29, 1.82) is 0 Å². The van der Waals surface area contributed by atoms with E-state index in [1.165, 1.54) is 12.4 Å². The predicted octanol–water partition coefficient (Wildman–Crippen LogP) is 2.58. The average Bonchev–Trinajstić information content (AvgIpc) is 2.63. The normalized spacial score (nSPS) is 15.1. The van der Waals surface area contributed by atoms with Crippen LogP contribution in [-0.2, 0) is 4.79 Å². The minimum absolute atomic E-state index is 0.00488. The molecule has 1 aliphatic heterocycles. The van der Waals surface area contributed by atoms with E-state index in [2.05, 4.69) is 9.97 Å². The highest BCUT2D eigenvalue weighted by Gasteiger charge is 2.24. The molecule has 0 spiro atoms. The number of nitrogens with zero attached hydrogens (tertiary/aromatic N) is 3. The molecule has 1 aromatic heterocycles. The van der Waals surface area contributed by atoms with Gasteiger partial charge in [0, 0.05) is 25.9 Å². The monoisotopic (exact) mass is 347 g/mol. The Bertz CT molecular complexity index is 659. The molecule has 126 valence electrons. The number of halogens is 1. The summed E-state index contributed by atoms with van der Waals surface area (Å²) >= 11 is 5.75. The van der Waals surface area contributed by atoms with Crippen molar-refractivity contribution in [2.24, 2.45) is 0 Å². The highest BCUT2D eigenvalue weighted by Crippen LogP contribution is 2.17. The summed E-state index contributed by atoms with van der Waals surface area (Å²) in [6.07, 6.45) is 4.49. The van der Waals surface area contributed by atoms with Crippen molar-refractivity contribution >= 4 is 17.5 Å². The number of piperidine rings is 1. The number of hydrogen-bond donors (Lipinski definition) is 0. The molecule has 2 aromatic rings. The van der Waals surface area contributed by atoms with Crippen LogP contribution in [0.15, 0.2) is 42.7 Å². The Balaban J connectivity index is 1.42. The molecule has 2 heterocycles. The molecule has 3 rings (SSSR count). The number of para-hydroxylation sites is 1. The Hall–Kier alpha value is -2.34. The molecule has 1 saturated heterocycles. The fourth-order valence-electron chi connectivity index (χ4n) is 2.49. The average molecular weight is 348 g/mol. The first-order valence-electron chi connectivity index (χ1n) is 7.80. The number of aromatic nitrogens is 2. The van der Waals surface area contributed by atoms with Gasteiger partial charge in [-0.2, -0.15) is 0 Å². The summed E-state index contributed by atoms with van der Waals surface area (Å²) in [6, 6.07) is 9.64. The third kappa shape index (κ3) is 4.58. The first-order valence-corrected chi connectivity index (χ1v) is 8.18. The van der Waals surface area contributed by atoms with E-state index in [1.807, 2.05) is 30.3 Å². The van der Waals surface area contributed by atoms with Gasteiger partial charge >= 0.3 is 6.01 Å². The fraction of sp³-hybridized carbons (Fsp3) is 0.353. The number of amides is 1. The first-order chi connectivity index (χ1) is 11.7. The van der Waals surface area contributed by atoms with Crippen LogP contribution in [0.2, 0.25) is 5.02 Å². The lowest BCUT2D eigenvalue weighted by Crippen LogP contribution is -2.43. The van der Waals surface area contributed by atoms with E-state index in [1.54, 1.807) is 4.90 Å². The zero-order chi connectivity index (χ0) is 16.8. The molecule has 0 N–H and O–H groups in total. The van der Waals surface area contributed by atoms with E-state index >= 15 is 0 Å². The van der Waals surface area contributed by atoms with Crippen molar-refractivity contribution in [2.75, 3.05) is 19.7 Å². The van der Waals surface area contributed by atoms with Gasteiger partial charge in [-0.25, -0.2) is 9.97 Å². The van der Waals surface area contributed by atoms with Gasteiger partial charge in [0.2, 0.25) is 0 Å². The number of carbonyl (C=O) groups excluding carboxylic acids is 1. The highest BCUT2D eigenvalue weighted by atomic mass is 35.5. The lowest BCUT2D eigenvalue weighted by molar-refractivity contribution is -0.135. The Morgan fingerprint density at radius 2 is 1.83 bits per heavy atom. The van der Waals surface area contributed by atoms with Gasteiger partial charge in [-0.1, -0.05) is 29.8 Å². The van der Waals surface area contributed by atoms with Gasteiger partial charge in [0.25, 0.3) is 5.91 Å². The Labute approximate surface area is 145 Å². The van der Waals surface area contributed by atoms with Crippen LogP contribution in [-0.4, -0.2) is 46.6 Å². The van der Waals surface area contributed by atoms with Crippen LogP contribution in [0.4, 0.5) is 0 Å². The fourth-order valence-corrected chi connectivity index (χ4v) is 2.58. The smallest absolute Gasteiger partial charge is 0.316 e. The summed E-state index contributed by atoms with van der Waals surface area (Å²) in [5.74, 6) is 0.684. The summed E-state index contributed by atoms with van der Waals surface area (Å²) < 4.78 is 11.2. The standard InChI is InChI=1S/C17H18ClN3O3/c18-13-10-19-17(20-11-13)24-15-6-8-21(9-7-15)16(22)12-23-14-4-2-1-3-5-14/h1-5,10-11,15H,6-9,12H2. The van der Waals surface area contributed by atoms with E-state index < -0.39 is 0 Å². The van der Waals surface area contributed by atoms with Crippen molar-refractivity contribution in [2.45, 2.75) is 18.9 Å². The molecule has 0 bridgehead atoms. The number of benzene rings is 1. The molecule has 0 unspecified atom stereocenters. The molecule has 6 nitrogen and oxygen atoms in total. The number of ether oxygens (including phenoxy) is 2. The quantitative estimate of drug-likeness (QED) is 0.831. The molecule has 0 radical (unpaired) electrons. The van der Waals surface area contributed by atoms with Crippen molar-refractivity contribution in [3.05, 3.63) is 47.7 Å². The summed E-state index contributed by atoms with van der Waals surface area (Å²) in [7, 11) is 0. The molecule has 0 aliphatic carbocycles. The molecule has 0 atom stereocenters. The Morgan fingerprint density at radius 1 is 1.17 bits per heavy atom. The van der Waals surface area contributed by atoms with E-state index in [9.17, 15) is 4.79 Å². The van der Waals surface area contributed by atoms with E-state index in [0.717, 1.165) is 12.8 Å². The van der Waals surface area contributed by atoms with Gasteiger partial charge in [-0.3, -0.25) is 4.79 Å². The Morgan fingerprint density at radius 3 is 2.50 bits per heavy atom. The van der Waals surface area contributed by atoms with Gasteiger partial charge < -0.3 is 14.4 Å². The van der Waals surface area contributed by atoms with E-state index in [4.69, 9.17) is 21.1 Å². The summed E-state index contributed by atoms with van der Waals surface area (Å²) in [6.45, 7) is 1.32. The maximum Gasteiger partial charge on any atom is 0.316 e. The lowest BCUT2D eigenvalue weighted by atomic mass is 10.1. The van der Waals surface area contributed by atoms with Crippen molar-refractivity contribution in [3.63, 3.8) is 0 Å². The number of carbonyl (C=O) groups is 1. The highest BCUT2D eigenvalue weighted by molar-refractivity contribution is 6.30. The van der Waals surface area contributed by atoms with Gasteiger partial charge in [-0.15, -0.1) is 0 Å². The van der Waals surface area contributed by atoms with Gasteiger partial charge in [0.15, 0.2) is 6.61 Å². The minimum atomic E-state index is -0.0138. The summed E-state index contributed by atoms with van der Waals surface area (Å²) in [5.41, 5.74) is 0. The summed E-state index contributed by atoms with van der Waals surface area (Å²) in [4.78, 5) is 22.0. The molecule has 7 heteroatoms. The molecular formula is C17H18ClN3O3. The second-order valence-electron chi connectivity index (χ2n) is 5.48. The third-order valence-corrected chi connectivity index (χ3v) is 3.96. The van der Waals surface area contributed by atoms with E-state index in [0.29, 0.717) is 29.9 Å². The van der Waals surface area contributed by atoms with Crippen LogP contribution in [0, 0.1) is 0 Å². The van der Waals surface area contributed by atoms with Crippen LogP contribution in [0.25, 0.3) is 0 Å². The molecular weight excluding hydrogens is 330 g/mol. The van der Waals surface area contributed by atoms with Crippen molar-refractivity contribution < 1.29 is 14.3 Å². The molecule has 1 aromatic carbocycles. The van der Waals surface area contributed by atoms with E-state index in [-0.39, 0.29) is 18.6 Å². The summed E-state index contributed by atoms with van der Waals surface area (Å²) in [5, 5.41) is 0.473. The SMILES string of the molecule is O=C(COc1ccccc1)N1CCC(Oc2ncc(Cl)cn2)CC1. The topological polar surface area (TPSA) is 64.5 Å². The third-order valence-electron chi connectivity index (χ3n) is 3.77. The molecule has 1 amide bonds. The van der Waals surface area contributed by atoms with Crippen LogP contribution in [0.5, 0.6) is 11.8 Å². The molecule has 1 aliphatic rings. The molecule has 24 heavy (non-hydrogen) atoms. The Kier molecular flexibility index (Phi) is 5.48. The number of hydrogen-bond acceptors (Lipinski definition) is 5. The molecule has 1 fully saturated rings. The van der Waals surface area contributed by atoms with Gasteiger partial charge in [0.1, 0.15) is 11.9 Å². The van der Waals surface area contributed by atoms with Gasteiger partial charge in [0.05, 0.1) is 17.4 Å². The molecule has 0 saturated carbocycles. The maximum atomic E-state index is 12.2. The largest absolute Gasteiger partial charge is 0.484 e. The van der Waals surface area contributed by atoms with Crippen LogP contribution in [0.1, 0.15) is 12.8 Å².